The van der Waals surface area contributed by atoms with Gasteiger partial charge in [0.1, 0.15) is 5.78 Å². The van der Waals surface area contributed by atoms with Crippen molar-refractivity contribution in [1.29, 1.82) is 0 Å². The molecule has 3 saturated carbocycles. The summed E-state index contributed by atoms with van der Waals surface area (Å²) in [6.45, 7) is 10.2. The average molecular weight is 384 g/mol. The second-order valence-electron chi connectivity index (χ2n) is 11.5. The Labute approximate surface area is 172 Å². The van der Waals surface area contributed by atoms with Crippen LogP contribution in [0.5, 0.6) is 0 Å². The van der Waals surface area contributed by atoms with Crippen molar-refractivity contribution in [3.63, 3.8) is 0 Å². The highest BCUT2D eigenvalue weighted by atomic mass is 16.1. The Morgan fingerprint density at radius 2 is 1.89 bits per heavy atom. The fourth-order valence-corrected chi connectivity index (χ4v) is 8.82. The summed E-state index contributed by atoms with van der Waals surface area (Å²) < 4.78 is 0. The van der Waals surface area contributed by atoms with Crippen LogP contribution in [0, 0.1) is 40.4 Å². The number of carbonyl (C=O) groups excluding carboxylic acids is 1. The highest BCUT2D eigenvalue weighted by Gasteiger charge is 2.61. The van der Waals surface area contributed by atoms with Crippen LogP contribution in [0.3, 0.4) is 0 Å². The van der Waals surface area contributed by atoms with Gasteiger partial charge in [-0.3, -0.25) is 4.79 Å². The number of ketones is 1. The molecule has 0 amide bonds. The Morgan fingerprint density at radius 3 is 2.64 bits per heavy atom. The van der Waals surface area contributed by atoms with Gasteiger partial charge in [0.05, 0.1) is 0 Å². The van der Waals surface area contributed by atoms with E-state index >= 15 is 0 Å². The van der Waals surface area contributed by atoms with Crippen molar-refractivity contribution in [3.8, 4) is 0 Å². The van der Waals surface area contributed by atoms with Gasteiger partial charge >= 0.3 is 0 Å². The van der Waals surface area contributed by atoms with Gasteiger partial charge in [-0.2, -0.15) is 0 Å². The first-order valence-electron chi connectivity index (χ1n) is 12.4. The molecule has 1 aliphatic heterocycles. The van der Waals surface area contributed by atoms with Crippen molar-refractivity contribution in [2.24, 2.45) is 40.4 Å². The first-order valence-corrected chi connectivity index (χ1v) is 12.4. The monoisotopic (exact) mass is 383 g/mol. The van der Waals surface area contributed by atoms with Crippen molar-refractivity contribution in [2.45, 2.75) is 91.4 Å². The molecule has 28 heavy (non-hydrogen) atoms. The fraction of sp³-hybridized carbons (Fsp3) is 0.885. The van der Waals surface area contributed by atoms with E-state index in [2.05, 4.69) is 31.7 Å². The molecule has 0 aromatic carbocycles. The van der Waals surface area contributed by atoms with Crippen LogP contribution in [0.4, 0.5) is 0 Å². The Balaban J connectivity index is 1.45. The predicted octanol–water partition coefficient (Wildman–Crippen LogP) is 6.21. The molecular formula is C26H41NO. The van der Waals surface area contributed by atoms with Crippen molar-refractivity contribution >= 4 is 5.78 Å². The SMILES string of the molecule is CCC1CC2CC(=O)CC[C@]2(C)[C@@H]2CC[C@]3(C)C(N4CCCCC4)=CC[C@H]3[C@H]12. The maximum Gasteiger partial charge on any atom is 0.133 e. The van der Waals surface area contributed by atoms with Crippen LogP contribution in [0.1, 0.15) is 91.4 Å². The number of piperidine rings is 1. The van der Waals surface area contributed by atoms with Gasteiger partial charge in [-0.25, -0.2) is 0 Å². The third-order valence-electron chi connectivity index (χ3n) is 10.4. The summed E-state index contributed by atoms with van der Waals surface area (Å²) in [5.41, 5.74) is 2.58. The van der Waals surface area contributed by atoms with Gasteiger partial charge in [-0.1, -0.05) is 33.3 Å². The minimum atomic E-state index is 0.416. The average Bonchev–Trinajstić information content (AvgIpc) is 3.06. The molecule has 0 spiro atoms. The van der Waals surface area contributed by atoms with Crippen LogP contribution in [-0.4, -0.2) is 23.8 Å². The molecule has 4 aliphatic carbocycles. The lowest BCUT2D eigenvalue weighted by Crippen LogP contribution is -2.57. The van der Waals surface area contributed by atoms with Crippen LogP contribution in [-0.2, 0) is 4.79 Å². The molecule has 5 rings (SSSR count). The molecule has 0 bridgehead atoms. The normalized spacial score (nSPS) is 48.5. The minimum Gasteiger partial charge on any atom is -0.375 e. The summed E-state index contributed by atoms with van der Waals surface area (Å²) in [6, 6.07) is 0. The van der Waals surface area contributed by atoms with E-state index in [1.807, 2.05) is 0 Å². The molecule has 4 fully saturated rings. The topological polar surface area (TPSA) is 20.3 Å². The number of Topliss-reactive ketones (excluding diaryl/α,β-unsaturated/α-hetero) is 1. The fourth-order valence-electron chi connectivity index (χ4n) is 8.82. The Kier molecular flexibility index (Phi) is 4.71. The van der Waals surface area contributed by atoms with Crippen LogP contribution in [0.25, 0.3) is 0 Å². The maximum absolute atomic E-state index is 12.3. The standard InChI is InChI=1S/C26H41NO/c1-4-18-16-19-17-20(28)10-12-25(19,2)22-11-13-26(3)21(24(18)22)8-9-23(26)27-14-6-5-7-15-27/h9,18-19,21-22,24H,4-8,10-17H2,1-3H3/t18?,19?,21-,22+,24-,25-,26-/m0/s1. The number of hydrogen-bond donors (Lipinski definition) is 0. The van der Waals surface area contributed by atoms with E-state index in [1.54, 1.807) is 5.70 Å². The molecule has 0 radical (unpaired) electrons. The van der Waals surface area contributed by atoms with E-state index in [-0.39, 0.29) is 0 Å². The molecule has 0 aromatic rings. The first-order chi connectivity index (χ1) is 13.5. The maximum atomic E-state index is 12.3. The molecule has 0 aromatic heterocycles. The predicted molar refractivity (Wildman–Crippen MR) is 115 cm³/mol. The molecule has 2 unspecified atom stereocenters. The van der Waals surface area contributed by atoms with Crippen molar-refractivity contribution in [1.82, 2.24) is 4.90 Å². The molecular weight excluding hydrogens is 342 g/mol. The molecule has 2 heteroatoms. The summed E-state index contributed by atoms with van der Waals surface area (Å²) >= 11 is 0. The van der Waals surface area contributed by atoms with Gasteiger partial charge in [0.15, 0.2) is 0 Å². The van der Waals surface area contributed by atoms with Gasteiger partial charge in [0.2, 0.25) is 0 Å². The Hall–Kier alpha value is -0.790. The molecule has 1 saturated heterocycles. The Bertz CT molecular complexity index is 661. The van der Waals surface area contributed by atoms with Crippen LogP contribution >= 0.6 is 0 Å². The van der Waals surface area contributed by atoms with E-state index in [0.717, 1.165) is 36.5 Å². The van der Waals surface area contributed by atoms with Gasteiger partial charge in [-0.15, -0.1) is 0 Å². The smallest absolute Gasteiger partial charge is 0.133 e. The van der Waals surface area contributed by atoms with Crippen LogP contribution in [0.2, 0.25) is 0 Å². The van der Waals surface area contributed by atoms with E-state index in [9.17, 15) is 4.79 Å². The lowest BCUT2D eigenvalue weighted by Gasteiger charge is -2.62. The number of carbonyl (C=O) groups is 1. The minimum absolute atomic E-state index is 0.416. The molecule has 7 atom stereocenters. The third kappa shape index (κ3) is 2.68. The number of likely N-dealkylation sites (tertiary alicyclic amines) is 1. The zero-order valence-corrected chi connectivity index (χ0v) is 18.5. The first kappa shape index (κ1) is 19.2. The summed E-state index contributed by atoms with van der Waals surface area (Å²) in [6.07, 6.45) is 16.5. The number of rotatable bonds is 2. The zero-order valence-electron chi connectivity index (χ0n) is 18.5. The van der Waals surface area contributed by atoms with Gasteiger partial charge < -0.3 is 4.90 Å². The zero-order chi connectivity index (χ0) is 19.5. The quantitative estimate of drug-likeness (QED) is 0.564. The van der Waals surface area contributed by atoms with Crippen LogP contribution < -0.4 is 0 Å². The number of allylic oxidation sites excluding steroid dienone is 2. The van der Waals surface area contributed by atoms with Crippen molar-refractivity contribution in [3.05, 3.63) is 11.8 Å². The third-order valence-corrected chi connectivity index (χ3v) is 10.4. The number of fused-ring (bicyclic) bond motifs is 5. The summed E-state index contributed by atoms with van der Waals surface area (Å²) in [7, 11) is 0. The Morgan fingerprint density at radius 1 is 1.11 bits per heavy atom. The summed E-state index contributed by atoms with van der Waals surface area (Å²) in [4.78, 5) is 15.0. The molecule has 1 heterocycles. The second-order valence-corrected chi connectivity index (χ2v) is 11.5. The van der Waals surface area contributed by atoms with E-state index in [0.29, 0.717) is 22.5 Å². The highest BCUT2D eigenvalue weighted by Crippen LogP contribution is 2.68. The lowest BCUT2D eigenvalue weighted by atomic mass is 9.42. The largest absolute Gasteiger partial charge is 0.375 e. The van der Waals surface area contributed by atoms with Crippen LogP contribution in [0.15, 0.2) is 11.8 Å². The number of hydrogen-bond acceptors (Lipinski definition) is 2. The molecule has 2 nitrogen and oxygen atoms in total. The van der Waals surface area contributed by atoms with Crippen molar-refractivity contribution < 1.29 is 4.79 Å². The molecule has 0 N–H and O–H groups in total. The van der Waals surface area contributed by atoms with Crippen molar-refractivity contribution in [2.75, 3.05) is 13.1 Å². The lowest BCUT2D eigenvalue weighted by molar-refractivity contribution is -0.148. The summed E-state index contributed by atoms with van der Waals surface area (Å²) in [5.74, 6) is 4.65. The molecule has 5 aliphatic rings. The van der Waals surface area contributed by atoms with E-state index in [4.69, 9.17) is 0 Å². The number of nitrogens with zero attached hydrogens (tertiary/aromatic N) is 1. The second kappa shape index (κ2) is 6.88. The van der Waals surface area contributed by atoms with Gasteiger partial charge in [0.25, 0.3) is 0 Å². The van der Waals surface area contributed by atoms with E-state index in [1.165, 1.54) is 70.9 Å². The van der Waals surface area contributed by atoms with Gasteiger partial charge in [-0.05, 0) is 86.4 Å². The van der Waals surface area contributed by atoms with Gasteiger partial charge in [0, 0.05) is 37.0 Å². The molecule has 156 valence electrons. The van der Waals surface area contributed by atoms with E-state index < -0.39 is 0 Å². The summed E-state index contributed by atoms with van der Waals surface area (Å²) in [5, 5.41) is 0. The highest BCUT2D eigenvalue weighted by molar-refractivity contribution is 5.79.